The van der Waals surface area contributed by atoms with Crippen LogP contribution in [0.1, 0.15) is 97.8 Å². The summed E-state index contributed by atoms with van der Waals surface area (Å²) in [6, 6.07) is 0. The van der Waals surface area contributed by atoms with E-state index >= 15 is 0 Å². The maximum atomic E-state index is 2.45. The third kappa shape index (κ3) is 6.25. The van der Waals surface area contributed by atoms with Gasteiger partial charge in [0.1, 0.15) is 0 Å². The molecule has 0 aromatic rings. The van der Waals surface area contributed by atoms with Gasteiger partial charge < -0.3 is 0 Å². The molecule has 0 aliphatic heterocycles. The molecule has 0 spiro atoms. The lowest BCUT2D eigenvalue weighted by Gasteiger charge is -2.19. The van der Waals surface area contributed by atoms with Crippen molar-refractivity contribution in [2.24, 2.45) is 17.8 Å². The van der Waals surface area contributed by atoms with Crippen molar-refractivity contribution in [1.29, 1.82) is 0 Å². The van der Waals surface area contributed by atoms with Crippen LogP contribution >= 0.6 is 0 Å². The lowest BCUT2D eigenvalue weighted by molar-refractivity contribution is 0.325. The minimum absolute atomic E-state index is 0.972. The highest BCUT2D eigenvalue weighted by atomic mass is 14.3. The number of hydrogen-bond donors (Lipinski definition) is 0. The molecule has 1 aliphatic carbocycles. The Bertz CT molecular complexity index is 184. The third-order valence-corrected chi connectivity index (χ3v) is 5.05. The Labute approximate surface area is 116 Å². The van der Waals surface area contributed by atoms with Gasteiger partial charge in [-0.25, -0.2) is 0 Å². The molecule has 3 unspecified atom stereocenters. The van der Waals surface area contributed by atoms with Crippen molar-refractivity contribution in [3.05, 3.63) is 0 Å². The summed E-state index contributed by atoms with van der Waals surface area (Å²) in [7, 11) is 0. The molecule has 1 rings (SSSR count). The van der Waals surface area contributed by atoms with E-state index in [4.69, 9.17) is 0 Å². The molecule has 0 aromatic heterocycles. The van der Waals surface area contributed by atoms with Crippen LogP contribution < -0.4 is 0 Å². The van der Waals surface area contributed by atoms with E-state index in [0.717, 1.165) is 17.8 Å². The molecule has 18 heavy (non-hydrogen) atoms. The summed E-state index contributed by atoms with van der Waals surface area (Å²) in [4.78, 5) is 0. The van der Waals surface area contributed by atoms with Gasteiger partial charge in [0.15, 0.2) is 0 Å². The largest absolute Gasteiger partial charge is 0.0654 e. The summed E-state index contributed by atoms with van der Waals surface area (Å²) >= 11 is 0. The van der Waals surface area contributed by atoms with E-state index in [2.05, 4.69) is 20.8 Å². The van der Waals surface area contributed by atoms with Crippen LogP contribution in [0, 0.1) is 17.8 Å². The second-order valence-electron chi connectivity index (χ2n) is 6.77. The molecule has 108 valence electrons. The van der Waals surface area contributed by atoms with Crippen LogP contribution in [-0.2, 0) is 0 Å². The minimum atomic E-state index is 0.972. The van der Waals surface area contributed by atoms with Crippen molar-refractivity contribution in [1.82, 2.24) is 0 Å². The van der Waals surface area contributed by atoms with Crippen LogP contribution in [0.2, 0.25) is 0 Å². The summed E-state index contributed by atoms with van der Waals surface area (Å²) in [5.74, 6) is 3.16. The lowest BCUT2D eigenvalue weighted by Crippen LogP contribution is -2.07. The van der Waals surface area contributed by atoms with E-state index in [9.17, 15) is 0 Å². The van der Waals surface area contributed by atoms with Crippen molar-refractivity contribution in [2.45, 2.75) is 97.8 Å². The molecular formula is C18H36. The topological polar surface area (TPSA) is 0 Å². The van der Waals surface area contributed by atoms with Crippen LogP contribution in [0.4, 0.5) is 0 Å². The highest BCUT2D eigenvalue weighted by Gasteiger charge is 2.25. The van der Waals surface area contributed by atoms with Gasteiger partial charge in [0, 0.05) is 0 Å². The Balaban J connectivity index is 2.03. The molecule has 3 atom stereocenters. The molecule has 0 radical (unpaired) electrons. The van der Waals surface area contributed by atoms with Gasteiger partial charge in [-0.2, -0.15) is 0 Å². The Kier molecular flexibility index (Phi) is 8.80. The van der Waals surface area contributed by atoms with Gasteiger partial charge in [0.05, 0.1) is 0 Å². The fourth-order valence-electron chi connectivity index (χ4n) is 3.84. The lowest BCUT2D eigenvalue weighted by atomic mass is 9.87. The predicted octanol–water partition coefficient (Wildman–Crippen LogP) is 6.59. The molecule has 0 bridgehead atoms. The first kappa shape index (κ1) is 16.1. The van der Waals surface area contributed by atoms with Gasteiger partial charge in [-0.1, -0.05) is 97.8 Å². The summed E-state index contributed by atoms with van der Waals surface area (Å²) in [5.41, 5.74) is 0. The van der Waals surface area contributed by atoms with Crippen molar-refractivity contribution in [3.63, 3.8) is 0 Å². The maximum absolute atomic E-state index is 2.45. The van der Waals surface area contributed by atoms with E-state index < -0.39 is 0 Å². The van der Waals surface area contributed by atoms with E-state index in [1.165, 1.54) is 77.0 Å². The van der Waals surface area contributed by atoms with Crippen molar-refractivity contribution < 1.29 is 0 Å². The van der Waals surface area contributed by atoms with Gasteiger partial charge in [0.25, 0.3) is 0 Å². The zero-order chi connectivity index (χ0) is 13.2. The van der Waals surface area contributed by atoms with E-state index in [0.29, 0.717) is 0 Å². The van der Waals surface area contributed by atoms with Crippen molar-refractivity contribution >= 4 is 0 Å². The standard InChI is InChI=1S/C18H36/c1-4-6-11-16(3)12-7-8-13-18-15-9-14-17(18)10-5-2/h16-18H,4-15H2,1-3H3. The van der Waals surface area contributed by atoms with Gasteiger partial charge in [-0.05, 0) is 17.8 Å². The molecule has 0 heterocycles. The number of rotatable bonds is 10. The van der Waals surface area contributed by atoms with Gasteiger partial charge in [-0.3, -0.25) is 0 Å². The summed E-state index contributed by atoms with van der Waals surface area (Å²) in [5, 5.41) is 0. The molecule has 0 nitrogen and oxygen atoms in total. The quantitative estimate of drug-likeness (QED) is 0.385. The van der Waals surface area contributed by atoms with Gasteiger partial charge >= 0.3 is 0 Å². The fourth-order valence-corrected chi connectivity index (χ4v) is 3.84. The molecule has 1 fully saturated rings. The highest BCUT2D eigenvalue weighted by molar-refractivity contribution is 4.77. The second kappa shape index (κ2) is 9.87. The van der Waals surface area contributed by atoms with Crippen LogP contribution in [0.15, 0.2) is 0 Å². The molecule has 0 heteroatoms. The maximum Gasteiger partial charge on any atom is -0.0386 e. The zero-order valence-corrected chi connectivity index (χ0v) is 13.2. The molecule has 0 aromatic carbocycles. The van der Waals surface area contributed by atoms with Gasteiger partial charge in [-0.15, -0.1) is 0 Å². The normalized spacial score (nSPS) is 25.5. The van der Waals surface area contributed by atoms with Crippen LogP contribution in [0.25, 0.3) is 0 Å². The fraction of sp³-hybridized carbons (Fsp3) is 1.00. The average molecular weight is 252 g/mol. The molecule has 0 saturated heterocycles. The zero-order valence-electron chi connectivity index (χ0n) is 13.2. The second-order valence-corrected chi connectivity index (χ2v) is 6.77. The number of hydrogen-bond acceptors (Lipinski definition) is 0. The first-order valence-corrected chi connectivity index (χ1v) is 8.77. The van der Waals surface area contributed by atoms with Crippen molar-refractivity contribution in [2.75, 3.05) is 0 Å². The molecule has 0 N–H and O–H groups in total. The Morgan fingerprint density at radius 3 is 2.17 bits per heavy atom. The third-order valence-electron chi connectivity index (χ3n) is 5.05. The highest BCUT2D eigenvalue weighted by Crippen LogP contribution is 2.38. The predicted molar refractivity (Wildman–Crippen MR) is 82.9 cm³/mol. The monoisotopic (exact) mass is 252 g/mol. The summed E-state index contributed by atoms with van der Waals surface area (Å²) in [6.07, 6.45) is 17.7. The van der Waals surface area contributed by atoms with Crippen LogP contribution in [-0.4, -0.2) is 0 Å². The van der Waals surface area contributed by atoms with Crippen molar-refractivity contribution in [3.8, 4) is 0 Å². The molecule has 1 aliphatic rings. The summed E-state index contributed by atoms with van der Waals surface area (Å²) < 4.78 is 0. The Morgan fingerprint density at radius 1 is 0.833 bits per heavy atom. The van der Waals surface area contributed by atoms with Crippen LogP contribution in [0.5, 0.6) is 0 Å². The summed E-state index contributed by atoms with van der Waals surface area (Å²) in [6.45, 7) is 7.11. The molecular weight excluding hydrogens is 216 g/mol. The minimum Gasteiger partial charge on any atom is -0.0654 e. The first-order chi connectivity index (χ1) is 8.77. The average Bonchev–Trinajstić information content (AvgIpc) is 2.80. The Morgan fingerprint density at radius 2 is 1.50 bits per heavy atom. The Hall–Kier alpha value is 0. The first-order valence-electron chi connectivity index (χ1n) is 8.77. The smallest absolute Gasteiger partial charge is 0.0386 e. The van der Waals surface area contributed by atoms with E-state index in [1.807, 2.05) is 0 Å². The van der Waals surface area contributed by atoms with Gasteiger partial charge in [0.2, 0.25) is 0 Å². The molecule has 1 saturated carbocycles. The molecule has 0 amide bonds. The number of unbranched alkanes of at least 4 members (excludes halogenated alkanes) is 2. The van der Waals surface area contributed by atoms with Crippen LogP contribution in [0.3, 0.4) is 0 Å². The SMILES string of the molecule is CCCCC(C)CCCCC1CCCC1CCC. The van der Waals surface area contributed by atoms with E-state index in [1.54, 1.807) is 0 Å². The van der Waals surface area contributed by atoms with E-state index in [-0.39, 0.29) is 0 Å².